The monoisotopic (exact) mass is 781 g/mol. The number of hydrogen-bond donors (Lipinski definition) is 1. The van der Waals surface area contributed by atoms with Crippen LogP contribution in [0.25, 0.3) is 22.0 Å². The number of carbonyl (C=O) groups excluding carboxylic acids is 3. The lowest BCUT2D eigenvalue weighted by Gasteiger charge is -2.33. The summed E-state index contributed by atoms with van der Waals surface area (Å²) in [5.74, 6) is -0.123. The van der Waals surface area contributed by atoms with Gasteiger partial charge in [-0.25, -0.2) is 14.8 Å². The molecule has 0 unspecified atom stereocenters. The van der Waals surface area contributed by atoms with Crippen molar-refractivity contribution in [2.24, 2.45) is 0 Å². The maximum Gasteiger partial charge on any atom is 0.424 e. The van der Waals surface area contributed by atoms with Crippen molar-refractivity contribution < 1.29 is 33.3 Å². The molecule has 1 aliphatic heterocycles. The number of hydrazine groups is 1. The van der Waals surface area contributed by atoms with E-state index < -0.39 is 11.7 Å². The van der Waals surface area contributed by atoms with Crippen molar-refractivity contribution in [3.05, 3.63) is 95.7 Å². The Labute approximate surface area is 336 Å². The molecule has 6 rings (SSSR count). The van der Waals surface area contributed by atoms with E-state index in [1.54, 1.807) is 7.05 Å². The van der Waals surface area contributed by atoms with Gasteiger partial charge < -0.3 is 33.7 Å². The highest BCUT2D eigenvalue weighted by Crippen LogP contribution is 2.44. The van der Waals surface area contributed by atoms with Crippen LogP contribution in [0.5, 0.6) is 0 Å². The summed E-state index contributed by atoms with van der Waals surface area (Å²) in [7, 11) is 3.61. The largest absolute Gasteiger partial charge is 0.460 e. The van der Waals surface area contributed by atoms with Crippen molar-refractivity contribution >= 4 is 28.9 Å². The van der Waals surface area contributed by atoms with E-state index in [9.17, 15) is 14.4 Å². The molecule has 12 nitrogen and oxygen atoms in total. The Kier molecular flexibility index (Phi) is 14.4. The lowest BCUT2D eigenvalue weighted by Crippen LogP contribution is -2.45. The number of rotatable bonds is 18. The summed E-state index contributed by atoms with van der Waals surface area (Å²) in [5.41, 5.74) is 6.34. The summed E-state index contributed by atoms with van der Waals surface area (Å²) in [5, 5.41) is 8.03. The number of esters is 1. The number of carbonyl (C=O) groups is 3. The minimum absolute atomic E-state index is 0.0101. The average molecular weight is 782 g/mol. The van der Waals surface area contributed by atoms with E-state index in [1.165, 1.54) is 27.3 Å². The van der Waals surface area contributed by atoms with E-state index in [4.69, 9.17) is 18.9 Å². The Morgan fingerprint density at radius 1 is 0.807 bits per heavy atom. The number of nitrogens with zero attached hydrogens (tertiary/aromatic N) is 4. The van der Waals surface area contributed by atoms with Crippen molar-refractivity contribution in [1.82, 2.24) is 24.8 Å². The number of aromatic nitrogens is 1. The van der Waals surface area contributed by atoms with Gasteiger partial charge in [0.1, 0.15) is 12.2 Å². The fourth-order valence-corrected chi connectivity index (χ4v) is 7.73. The number of aryl methyl sites for hydroxylation is 1. The van der Waals surface area contributed by atoms with E-state index in [0.717, 1.165) is 49.1 Å². The summed E-state index contributed by atoms with van der Waals surface area (Å²) in [4.78, 5) is 40.6. The van der Waals surface area contributed by atoms with Gasteiger partial charge in [0.05, 0.1) is 39.4 Å². The maximum atomic E-state index is 13.5. The summed E-state index contributed by atoms with van der Waals surface area (Å²) >= 11 is 0. The van der Waals surface area contributed by atoms with Gasteiger partial charge in [-0.2, -0.15) is 0 Å². The molecule has 2 heterocycles. The highest BCUT2D eigenvalue weighted by atomic mass is 16.6. The van der Waals surface area contributed by atoms with Crippen LogP contribution in [0.3, 0.4) is 0 Å². The summed E-state index contributed by atoms with van der Waals surface area (Å²) in [6.45, 7) is 10.8. The first kappa shape index (κ1) is 41.9. The van der Waals surface area contributed by atoms with Crippen molar-refractivity contribution in [2.75, 3.05) is 66.8 Å². The van der Waals surface area contributed by atoms with Crippen molar-refractivity contribution in [2.45, 2.75) is 77.1 Å². The van der Waals surface area contributed by atoms with Gasteiger partial charge in [0.2, 0.25) is 5.91 Å². The first-order chi connectivity index (χ1) is 27.5. The molecule has 12 heteroatoms. The van der Waals surface area contributed by atoms with Gasteiger partial charge in [-0.05, 0) is 73.4 Å². The molecule has 1 fully saturated rings. The molecular formula is C45H59N5O7. The number of ether oxygens (including phenoxy) is 4. The molecule has 2 aliphatic rings. The molecule has 1 aromatic heterocycles. The molecule has 1 aliphatic carbocycles. The zero-order valence-corrected chi connectivity index (χ0v) is 34.2. The van der Waals surface area contributed by atoms with E-state index in [1.807, 2.05) is 74.1 Å². The first-order valence-corrected chi connectivity index (χ1v) is 20.2. The van der Waals surface area contributed by atoms with Gasteiger partial charge in [0.25, 0.3) is 0 Å². The molecule has 2 amide bonds. The third kappa shape index (κ3) is 11.2. The lowest BCUT2D eigenvalue weighted by atomic mass is 9.98. The summed E-state index contributed by atoms with van der Waals surface area (Å²) in [6.07, 6.45) is 1.99. The molecule has 0 bridgehead atoms. The highest BCUT2D eigenvalue weighted by Gasteiger charge is 2.30. The molecule has 4 aromatic rings. The molecule has 57 heavy (non-hydrogen) atoms. The number of para-hydroxylation sites is 1. The molecule has 1 N–H and O–H groups in total. The van der Waals surface area contributed by atoms with Gasteiger partial charge in [-0.15, -0.1) is 0 Å². The van der Waals surface area contributed by atoms with Crippen LogP contribution < -0.4 is 5.32 Å². The lowest BCUT2D eigenvalue weighted by molar-refractivity contribution is -0.156. The highest BCUT2D eigenvalue weighted by molar-refractivity contribution is 5.82. The van der Waals surface area contributed by atoms with Crippen LogP contribution in [-0.4, -0.2) is 116 Å². The number of likely N-dealkylation sites (tertiary alicyclic amines) is 1. The predicted molar refractivity (Wildman–Crippen MR) is 221 cm³/mol. The maximum absolute atomic E-state index is 13.5. The molecule has 1 saturated heterocycles. The summed E-state index contributed by atoms with van der Waals surface area (Å²) < 4.78 is 24.6. The van der Waals surface area contributed by atoms with Crippen LogP contribution in [0, 0.1) is 0 Å². The van der Waals surface area contributed by atoms with E-state index in [0.29, 0.717) is 52.0 Å². The van der Waals surface area contributed by atoms with Gasteiger partial charge >= 0.3 is 12.1 Å². The molecule has 306 valence electrons. The van der Waals surface area contributed by atoms with Crippen molar-refractivity contribution in [3.63, 3.8) is 0 Å². The smallest absolute Gasteiger partial charge is 0.424 e. The molecule has 0 radical (unpaired) electrons. The Balaban J connectivity index is 0.916. The van der Waals surface area contributed by atoms with Crippen molar-refractivity contribution in [1.29, 1.82) is 0 Å². The Hall–Kier alpha value is -4.75. The Morgan fingerprint density at radius 3 is 2.12 bits per heavy atom. The van der Waals surface area contributed by atoms with Gasteiger partial charge in [-0.1, -0.05) is 66.7 Å². The van der Waals surface area contributed by atoms with Crippen LogP contribution in [0.4, 0.5) is 4.79 Å². The van der Waals surface area contributed by atoms with Crippen LogP contribution in [0.1, 0.15) is 69.2 Å². The number of amides is 2. The van der Waals surface area contributed by atoms with Crippen LogP contribution in [0.2, 0.25) is 0 Å². The van der Waals surface area contributed by atoms with Crippen molar-refractivity contribution in [3.8, 4) is 11.1 Å². The fraction of sp³-hybridized carbons (Fsp3) is 0.489. The number of piperidine rings is 1. The second-order valence-corrected chi connectivity index (χ2v) is 15.9. The third-order valence-electron chi connectivity index (χ3n) is 10.7. The second kappa shape index (κ2) is 19.6. The molecule has 3 aromatic carbocycles. The predicted octanol–water partition coefficient (Wildman–Crippen LogP) is 6.60. The minimum atomic E-state index is -0.486. The topological polar surface area (TPSA) is 115 Å². The SMILES string of the molecule is CN(Cc1cc2ccccc2n1CCC(=O)N1CCC(NCCOCCOCCC(=O)OC(C)(C)C)CC1)N(C)C(=O)OCC1c2ccccc2-c2ccccc21. The second-order valence-electron chi connectivity index (χ2n) is 15.9. The Bertz CT molecular complexity index is 1920. The van der Waals surface area contributed by atoms with Gasteiger partial charge in [-0.3, -0.25) is 9.59 Å². The normalized spacial score (nSPS) is 14.5. The standard InChI is InChI=1S/C45H59N5O7/c1-45(2,3)57-43(52)21-26-54-28-29-55-27-22-46-34-18-23-49(24-19-34)42(51)20-25-50-35(30-33-12-6-11-17-41(33)50)31-47(4)48(5)44(53)56-32-40-38-15-9-7-13-36(38)37-14-8-10-16-39(37)40/h6-17,30,34,40,46H,18-29,31-32H2,1-5H3. The molecule has 0 saturated carbocycles. The fourth-order valence-electron chi connectivity index (χ4n) is 7.73. The van der Waals surface area contributed by atoms with Crippen LogP contribution in [0.15, 0.2) is 78.9 Å². The zero-order valence-electron chi connectivity index (χ0n) is 34.2. The van der Waals surface area contributed by atoms with E-state index in [2.05, 4.69) is 52.3 Å². The Morgan fingerprint density at radius 2 is 1.44 bits per heavy atom. The van der Waals surface area contributed by atoms with Crippen LogP contribution >= 0.6 is 0 Å². The number of benzene rings is 3. The quantitative estimate of drug-likeness (QED) is 0.0678. The number of hydrogen-bond acceptors (Lipinski definition) is 9. The van der Waals surface area contributed by atoms with Gasteiger partial charge in [0, 0.05) is 69.9 Å². The number of fused-ring (bicyclic) bond motifs is 4. The van der Waals surface area contributed by atoms with Crippen LogP contribution in [-0.2, 0) is 41.6 Å². The molecule has 0 spiro atoms. The van der Waals surface area contributed by atoms with E-state index >= 15 is 0 Å². The molecular weight excluding hydrogens is 723 g/mol. The van der Waals surface area contributed by atoms with Gasteiger partial charge in [0.15, 0.2) is 0 Å². The zero-order chi connectivity index (χ0) is 40.4. The van der Waals surface area contributed by atoms with E-state index in [-0.39, 0.29) is 30.8 Å². The first-order valence-electron chi connectivity index (χ1n) is 20.2. The summed E-state index contributed by atoms with van der Waals surface area (Å²) in [6, 6.07) is 27.3. The third-order valence-corrected chi connectivity index (χ3v) is 10.7. The molecule has 0 atom stereocenters. The average Bonchev–Trinajstić information content (AvgIpc) is 3.71. The number of nitrogens with one attached hydrogen (secondary N) is 1. The minimum Gasteiger partial charge on any atom is -0.460 e.